The van der Waals surface area contributed by atoms with Crippen molar-refractivity contribution in [3.8, 4) is 0 Å². The average Bonchev–Trinajstić information content (AvgIpc) is 3.31. The van der Waals surface area contributed by atoms with Crippen LogP contribution in [0.1, 0.15) is 240 Å². The first-order valence-electron chi connectivity index (χ1n) is 27.1. The van der Waals surface area contributed by atoms with Crippen LogP contribution >= 0.6 is 15.6 Å². The van der Waals surface area contributed by atoms with Gasteiger partial charge >= 0.3 is 39.5 Å². The second kappa shape index (κ2) is 45.7. The summed E-state index contributed by atoms with van der Waals surface area (Å²) in [5, 5.41) is 10.4. The summed E-state index contributed by atoms with van der Waals surface area (Å²) in [7, 11) is -9.84. The summed E-state index contributed by atoms with van der Waals surface area (Å²) in [4.78, 5) is 71.0. The van der Waals surface area contributed by atoms with E-state index in [2.05, 4.69) is 34.6 Å². The fourth-order valence-corrected chi connectivity index (χ4v) is 8.86. The summed E-state index contributed by atoms with van der Waals surface area (Å²) < 4.78 is 67.0. The number of phosphoric acid groups is 2. The number of hydrogen-bond donors (Lipinski definition) is 3. The number of carbonyl (C=O) groups is 4. The van der Waals surface area contributed by atoms with Crippen LogP contribution in [0.15, 0.2) is 0 Å². The van der Waals surface area contributed by atoms with E-state index in [0.717, 1.165) is 96.3 Å². The van der Waals surface area contributed by atoms with Crippen molar-refractivity contribution in [1.82, 2.24) is 0 Å². The second-order valence-electron chi connectivity index (χ2n) is 19.0. The Hall–Kier alpha value is -1.94. The highest BCUT2D eigenvalue weighted by molar-refractivity contribution is 7.47. The highest BCUT2D eigenvalue weighted by atomic mass is 31.2. The molecule has 414 valence electrons. The molecule has 0 amide bonds. The Balaban J connectivity index is 5.15. The molecule has 0 fully saturated rings. The maximum Gasteiger partial charge on any atom is 0.472 e. The first-order valence-corrected chi connectivity index (χ1v) is 30.1. The fraction of sp³-hybridized carbons (Fsp3) is 0.922. The molecule has 0 heterocycles. The van der Waals surface area contributed by atoms with Gasteiger partial charge in [0.15, 0.2) is 12.2 Å². The summed E-state index contributed by atoms with van der Waals surface area (Å²) in [6, 6.07) is 0. The Morgan fingerprint density at radius 3 is 0.971 bits per heavy atom. The third-order valence-corrected chi connectivity index (χ3v) is 13.4. The molecule has 0 rings (SSSR count). The van der Waals surface area contributed by atoms with Crippen LogP contribution in [0.25, 0.3) is 0 Å². The topological polar surface area (TPSA) is 237 Å². The minimum atomic E-state index is -4.93. The molecule has 0 aromatic rings. The van der Waals surface area contributed by atoms with Gasteiger partial charge in [0.1, 0.15) is 19.3 Å². The molecule has 0 aliphatic carbocycles. The van der Waals surface area contributed by atoms with Crippen molar-refractivity contribution in [2.45, 2.75) is 258 Å². The maximum atomic E-state index is 12.8. The minimum absolute atomic E-state index is 0.0985. The van der Waals surface area contributed by atoms with Gasteiger partial charge < -0.3 is 33.8 Å². The highest BCUT2D eigenvalue weighted by Gasteiger charge is 2.30. The molecule has 3 N–H and O–H groups in total. The number of aliphatic hydroxyl groups is 1. The van der Waals surface area contributed by atoms with E-state index in [1.807, 2.05) is 0 Å². The average molecular weight is 1050 g/mol. The number of aliphatic hydroxyl groups excluding tert-OH is 1. The van der Waals surface area contributed by atoms with Crippen molar-refractivity contribution in [2.24, 2.45) is 5.92 Å². The Morgan fingerprint density at radius 1 is 0.386 bits per heavy atom. The van der Waals surface area contributed by atoms with Crippen LogP contribution in [0.2, 0.25) is 0 Å². The van der Waals surface area contributed by atoms with Crippen molar-refractivity contribution in [3.05, 3.63) is 0 Å². The van der Waals surface area contributed by atoms with Crippen LogP contribution in [0.5, 0.6) is 0 Å². The zero-order chi connectivity index (χ0) is 52.1. The number of ether oxygens (including phenoxy) is 4. The van der Waals surface area contributed by atoms with Crippen molar-refractivity contribution < 1.29 is 80.2 Å². The number of rotatable bonds is 51. The van der Waals surface area contributed by atoms with Crippen LogP contribution in [0, 0.1) is 5.92 Å². The van der Waals surface area contributed by atoms with Crippen molar-refractivity contribution in [3.63, 3.8) is 0 Å². The highest BCUT2D eigenvalue weighted by Crippen LogP contribution is 2.45. The monoisotopic (exact) mass is 1040 g/mol. The van der Waals surface area contributed by atoms with Gasteiger partial charge in [0.05, 0.1) is 26.4 Å². The predicted octanol–water partition coefficient (Wildman–Crippen LogP) is 12.7. The van der Waals surface area contributed by atoms with E-state index in [1.54, 1.807) is 0 Å². The van der Waals surface area contributed by atoms with E-state index >= 15 is 0 Å². The Kier molecular flexibility index (Phi) is 44.4. The molecule has 0 radical (unpaired) electrons. The van der Waals surface area contributed by atoms with Crippen molar-refractivity contribution in [1.29, 1.82) is 0 Å². The quantitative estimate of drug-likeness (QED) is 0.0222. The molecule has 5 atom stereocenters. The van der Waals surface area contributed by atoms with Gasteiger partial charge in [-0.3, -0.25) is 37.3 Å². The molecular formula is C51H98O17P2. The molecule has 70 heavy (non-hydrogen) atoms. The van der Waals surface area contributed by atoms with Gasteiger partial charge in [-0.05, 0) is 31.6 Å². The number of hydrogen-bond acceptors (Lipinski definition) is 15. The minimum Gasteiger partial charge on any atom is -0.462 e. The number of unbranched alkanes of at least 4 members (excludes halogenated alkanes) is 23. The van der Waals surface area contributed by atoms with E-state index in [0.29, 0.717) is 31.6 Å². The lowest BCUT2D eigenvalue weighted by Crippen LogP contribution is -2.30. The van der Waals surface area contributed by atoms with E-state index < -0.39 is 97.5 Å². The third-order valence-electron chi connectivity index (χ3n) is 11.5. The zero-order valence-electron chi connectivity index (χ0n) is 44.1. The number of esters is 4. The van der Waals surface area contributed by atoms with Gasteiger partial charge in [0.2, 0.25) is 0 Å². The van der Waals surface area contributed by atoms with Crippen LogP contribution < -0.4 is 0 Å². The first kappa shape index (κ1) is 68.1. The first-order chi connectivity index (χ1) is 33.5. The van der Waals surface area contributed by atoms with Gasteiger partial charge in [-0.25, -0.2) is 9.13 Å². The molecule has 2 unspecified atom stereocenters. The summed E-state index contributed by atoms with van der Waals surface area (Å²) in [5.41, 5.74) is 0. The molecule has 0 saturated carbocycles. The van der Waals surface area contributed by atoms with Crippen molar-refractivity contribution >= 4 is 39.5 Å². The Labute approximate surface area is 422 Å². The lowest BCUT2D eigenvalue weighted by Gasteiger charge is -2.21. The van der Waals surface area contributed by atoms with Crippen LogP contribution in [-0.2, 0) is 65.4 Å². The molecule has 0 spiro atoms. The SMILES string of the molecule is CCCCCCCCCCCCC(=O)OC[C@H](COP(=O)(O)OC[C@@H](O)COP(=O)(O)OC[C@@H](COC(=O)CCCCCCC)OC(=O)CCCCCCC)OC(=O)CCCCCCCCCC(C)C. The second-order valence-corrected chi connectivity index (χ2v) is 21.9. The van der Waals surface area contributed by atoms with Crippen LogP contribution in [0.4, 0.5) is 0 Å². The van der Waals surface area contributed by atoms with Gasteiger partial charge in [-0.2, -0.15) is 0 Å². The molecule has 0 bridgehead atoms. The van der Waals surface area contributed by atoms with Gasteiger partial charge in [-0.15, -0.1) is 0 Å². The van der Waals surface area contributed by atoms with Crippen molar-refractivity contribution in [2.75, 3.05) is 39.6 Å². The number of phosphoric ester groups is 2. The largest absolute Gasteiger partial charge is 0.472 e. The molecule has 19 heteroatoms. The molecule has 0 saturated heterocycles. The summed E-state index contributed by atoms with van der Waals surface area (Å²) >= 11 is 0. The van der Waals surface area contributed by atoms with E-state index in [4.69, 9.17) is 37.0 Å². The molecular weight excluding hydrogens is 946 g/mol. The Bertz CT molecular complexity index is 1400. The molecule has 0 aliphatic heterocycles. The summed E-state index contributed by atoms with van der Waals surface area (Å²) in [6.45, 7) is 6.83. The maximum absolute atomic E-state index is 12.8. The lowest BCUT2D eigenvalue weighted by atomic mass is 10.0. The van der Waals surface area contributed by atoms with Gasteiger partial charge in [-0.1, -0.05) is 189 Å². The smallest absolute Gasteiger partial charge is 0.462 e. The fourth-order valence-electron chi connectivity index (χ4n) is 7.28. The molecule has 0 aromatic carbocycles. The van der Waals surface area contributed by atoms with Gasteiger partial charge in [0.25, 0.3) is 0 Å². The predicted molar refractivity (Wildman–Crippen MR) is 271 cm³/mol. The van der Waals surface area contributed by atoms with E-state index in [9.17, 15) is 43.2 Å². The zero-order valence-corrected chi connectivity index (χ0v) is 45.9. The summed E-state index contributed by atoms with van der Waals surface area (Å²) in [6.07, 6.45) is 24.7. The standard InChI is InChI=1S/C51H98O17P2/c1-6-9-12-15-16-17-18-21-26-30-35-49(54)62-41-47(68-51(56)37-32-27-22-19-20-25-28-33-44(4)5)43-66-70(59,60)64-39-45(52)38-63-69(57,58)65-42-46(67-50(55)36-31-24-14-11-8-3)40-61-48(53)34-29-23-13-10-7-2/h44-47,52H,6-43H2,1-5H3,(H,57,58)(H,59,60)/t45-,46+,47+/m0/s1. The molecule has 0 aliphatic rings. The summed E-state index contributed by atoms with van der Waals surface area (Å²) in [5.74, 6) is -1.48. The van der Waals surface area contributed by atoms with Gasteiger partial charge in [0, 0.05) is 25.7 Å². The van der Waals surface area contributed by atoms with Crippen LogP contribution in [-0.4, -0.2) is 96.7 Å². The van der Waals surface area contributed by atoms with Crippen LogP contribution in [0.3, 0.4) is 0 Å². The molecule has 17 nitrogen and oxygen atoms in total. The normalized spacial score (nSPS) is 14.6. The van der Waals surface area contributed by atoms with E-state index in [-0.39, 0.29) is 25.7 Å². The Morgan fingerprint density at radius 2 is 0.657 bits per heavy atom. The third kappa shape index (κ3) is 45.9. The number of carbonyl (C=O) groups excluding carboxylic acids is 4. The van der Waals surface area contributed by atoms with E-state index in [1.165, 1.54) is 57.8 Å². The molecule has 0 aromatic heterocycles. The lowest BCUT2D eigenvalue weighted by molar-refractivity contribution is -0.161.